The minimum Gasteiger partial charge on any atom is -0.321 e. The van der Waals surface area contributed by atoms with Gasteiger partial charge >= 0.3 is 0 Å². The van der Waals surface area contributed by atoms with Crippen LogP contribution in [0.4, 0.5) is 5.69 Å². The summed E-state index contributed by atoms with van der Waals surface area (Å²) in [6.07, 6.45) is 0. The molecule has 3 nitrogen and oxygen atoms in total. The minimum absolute atomic E-state index is 0.283. The maximum absolute atomic E-state index is 12.6. The van der Waals surface area contributed by atoms with Crippen molar-refractivity contribution in [2.75, 3.05) is 5.32 Å². The van der Waals surface area contributed by atoms with E-state index in [9.17, 15) is 4.79 Å². The molecule has 0 aliphatic rings. The van der Waals surface area contributed by atoms with Crippen LogP contribution in [0, 0.1) is 0 Å². The Labute approximate surface area is 174 Å². The van der Waals surface area contributed by atoms with Crippen molar-refractivity contribution in [3.63, 3.8) is 0 Å². The summed E-state index contributed by atoms with van der Waals surface area (Å²) >= 11 is 19.9. The highest BCUT2D eigenvalue weighted by Gasteiger charge is 2.14. The number of hydrogen-bond acceptors (Lipinski definition) is 3. The van der Waals surface area contributed by atoms with Gasteiger partial charge in [0.05, 0.1) is 31.5 Å². The first-order valence-corrected chi connectivity index (χ1v) is 9.88. The van der Waals surface area contributed by atoms with Gasteiger partial charge in [-0.1, -0.05) is 53.0 Å². The number of aromatic nitrogens is 1. The maximum atomic E-state index is 12.6. The molecule has 1 heterocycles. The van der Waals surface area contributed by atoms with Crippen molar-refractivity contribution in [3.05, 3.63) is 81.3 Å². The molecule has 4 rings (SSSR count). The van der Waals surface area contributed by atoms with Gasteiger partial charge in [0.25, 0.3) is 5.91 Å². The third-order valence-corrected chi connectivity index (χ3v) is 5.91. The molecule has 3 aromatic carbocycles. The fourth-order valence-corrected chi connectivity index (χ4v) is 4.11. The van der Waals surface area contributed by atoms with E-state index >= 15 is 0 Å². The normalized spacial score (nSPS) is 10.9. The summed E-state index contributed by atoms with van der Waals surface area (Å²) in [6.45, 7) is 0. The number of carbonyl (C=O) groups excluding carboxylic acids is 1. The lowest BCUT2D eigenvalue weighted by molar-refractivity contribution is 0.102. The third kappa shape index (κ3) is 3.80. The van der Waals surface area contributed by atoms with Gasteiger partial charge in [-0.15, -0.1) is 11.3 Å². The van der Waals surface area contributed by atoms with Gasteiger partial charge in [-0.05, 0) is 42.5 Å². The average molecular weight is 434 g/mol. The van der Waals surface area contributed by atoms with Crippen molar-refractivity contribution < 1.29 is 4.79 Å². The van der Waals surface area contributed by atoms with E-state index in [1.165, 1.54) is 6.07 Å². The first kappa shape index (κ1) is 18.3. The van der Waals surface area contributed by atoms with Gasteiger partial charge < -0.3 is 5.32 Å². The molecule has 1 aromatic heterocycles. The van der Waals surface area contributed by atoms with Gasteiger partial charge in [0.1, 0.15) is 5.01 Å². The van der Waals surface area contributed by atoms with Crippen LogP contribution in [-0.4, -0.2) is 10.9 Å². The SMILES string of the molecule is O=C(Nc1cc(-c2nc3ccccc3s2)ccc1Cl)c1cc(Cl)ccc1Cl. The van der Waals surface area contributed by atoms with Crippen molar-refractivity contribution in [2.24, 2.45) is 0 Å². The molecule has 1 N–H and O–H groups in total. The number of hydrogen-bond donors (Lipinski definition) is 1. The number of fused-ring (bicyclic) bond motifs is 1. The molecule has 0 aliphatic heterocycles. The van der Waals surface area contributed by atoms with E-state index in [2.05, 4.69) is 10.3 Å². The zero-order chi connectivity index (χ0) is 19.0. The second kappa shape index (κ2) is 7.49. The fraction of sp³-hybridized carbons (Fsp3) is 0. The van der Waals surface area contributed by atoms with Crippen LogP contribution in [0.1, 0.15) is 10.4 Å². The van der Waals surface area contributed by atoms with E-state index in [1.807, 2.05) is 30.3 Å². The Bertz CT molecular complexity index is 1140. The number of rotatable bonds is 3. The van der Waals surface area contributed by atoms with E-state index in [-0.39, 0.29) is 11.5 Å². The van der Waals surface area contributed by atoms with Gasteiger partial charge in [-0.3, -0.25) is 4.79 Å². The van der Waals surface area contributed by atoms with Crippen molar-refractivity contribution in [1.29, 1.82) is 0 Å². The van der Waals surface area contributed by atoms with Gasteiger partial charge in [0.15, 0.2) is 0 Å². The molecule has 0 fully saturated rings. The monoisotopic (exact) mass is 432 g/mol. The average Bonchev–Trinajstić information content (AvgIpc) is 3.09. The van der Waals surface area contributed by atoms with Gasteiger partial charge in [0.2, 0.25) is 0 Å². The number of nitrogens with one attached hydrogen (secondary N) is 1. The van der Waals surface area contributed by atoms with E-state index in [0.717, 1.165) is 20.8 Å². The summed E-state index contributed by atoms with van der Waals surface area (Å²) in [5.74, 6) is -0.383. The Kier molecular flexibility index (Phi) is 5.06. The summed E-state index contributed by atoms with van der Waals surface area (Å²) in [7, 11) is 0. The first-order chi connectivity index (χ1) is 13.0. The topological polar surface area (TPSA) is 42.0 Å². The molecular formula is C20H11Cl3N2OS. The summed E-state index contributed by atoms with van der Waals surface area (Å²) in [4.78, 5) is 17.2. The molecule has 0 aliphatic carbocycles. The predicted octanol–water partition coefficient (Wildman–Crippen LogP) is 7.18. The smallest absolute Gasteiger partial charge is 0.257 e. The lowest BCUT2D eigenvalue weighted by Gasteiger charge is -2.10. The molecule has 7 heteroatoms. The van der Waals surface area contributed by atoms with Crippen molar-refractivity contribution in [1.82, 2.24) is 4.98 Å². The first-order valence-electron chi connectivity index (χ1n) is 7.93. The highest BCUT2D eigenvalue weighted by molar-refractivity contribution is 7.21. The lowest BCUT2D eigenvalue weighted by Crippen LogP contribution is -2.13. The predicted molar refractivity (Wildman–Crippen MR) is 114 cm³/mol. The Morgan fingerprint density at radius 3 is 2.52 bits per heavy atom. The third-order valence-electron chi connectivity index (χ3n) is 3.93. The maximum Gasteiger partial charge on any atom is 0.257 e. The summed E-state index contributed by atoms with van der Waals surface area (Å²) in [6, 6.07) is 18.1. The van der Waals surface area contributed by atoms with Gasteiger partial charge in [-0.25, -0.2) is 4.98 Å². The molecule has 4 aromatic rings. The number of benzene rings is 3. The van der Waals surface area contributed by atoms with Crippen molar-refractivity contribution in [3.8, 4) is 10.6 Å². The molecule has 1 amide bonds. The number of thiazole rings is 1. The highest BCUT2D eigenvalue weighted by Crippen LogP contribution is 2.34. The van der Waals surface area contributed by atoms with Crippen LogP contribution >= 0.6 is 46.1 Å². The largest absolute Gasteiger partial charge is 0.321 e. The molecule has 0 atom stereocenters. The molecule has 0 saturated carbocycles. The zero-order valence-corrected chi connectivity index (χ0v) is 16.8. The molecule has 0 radical (unpaired) electrons. The van der Waals surface area contributed by atoms with E-state index in [1.54, 1.807) is 35.6 Å². The van der Waals surface area contributed by atoms with Crippen molar-refractivity contribution >= 4 is 68.0 Å². The van der Waals surface area contributed by atoms with Crippen molar-refractivity contribution in [2.45, 2.75) is 0 Å². The molecule has 0 spiro atoms. The zero-order valence-electron chi connectivity index (χ0n) is 13.7. The van der Waals surface area contributed by atoms with Crippen LogP contribution in [0.3, 0.4) is 0 Å². The van der Waals surface area contributed by atoms with Crippen LogP contribution in [0.5, 0.6) is 0 Å². The number of halogens is 3. The van der Waals surface area contributed by atoms with Crippen LogP contribution < -0.4 is 5.32 Å². The van der Waals surface area contributed by atoms with Gasteiger partial charge in [0, 0.05) is 10.6 Å². The Hall–Kier alpha value is -2.11. The lowest BCUT2D eigenvalue weighted by atomic mass is 10.1. The summed E-state index contributed by atoms with van der Waals surface area (Å²) in [5.41, 5.74) is 2.57. The molecule has 134 valence electrons. The Balaban J connectivity index is 1.68. The summed E-state index contributed by atoms with van der Waals surface area (Å²) in [5, 5.41) is 4.82. The highest BCUT2D eigenvalue weighted by atomic mass is 35.5. The molecule has 27 heavy (non-hydrogen) atoms. The van der Waals surface area contributed by atoms with Crippen LogP contribution in [0.2, 0.25) is 15.1 Å². The number of nitrogens with zero attached hydrogens (tertiary/aromatic N) is 1. The van der Waals surface area contributed by atoms with Crippen LogP contribution in [-0.2, 0) is 0 Å². The van der Waals surface area contributed by atoms with E-state index in [0.29, 0.717) is 20.8 Å². The Morgan fingerprint density at radius 1 is 0.926 bits per heavy atom. The molecule has 0 bridgehead atoms. The second-order valence-corrected chi connectivity index (χ2v) is 8.04. The number of amides is 1. The van der Waals surface area contributed by atoms with Crippen LogP contribution in [0.25, 0.3) is 20.8 Å². The number of anilines is 1. The van der Waals surface area contributed by atoms with Crippen LogP contribution in [0.15, 0.2) is 60.7 Å². The standard InChI is InChI=1S/C20H11Cl3N2OS/c21-12-6-8-14(22)13(10-12)19(26)24-17-9-11(5-7-15(17)23)20-25-16-3-1-2-4-18(16)27-20/h1-10H,(H,24,26). The minimum atomic E-state index is -0.383. The Morgan fingerprint density at radius 2 is 1.70 bits per heavy atom. The molecular weight excluding hydrogens is 423 g/mol. The number of carbonyl (C=O) groups is 1. The van der Waals surface area contributed by atoms with Gasteiger partial charge in [-0.2, -0.15) is 0 Å². The molecule has 0 unspecified atom stereocenters. The molecule has 0 saturated heterocycles. The van der Waals surface area contributed by atoms with E-state index in [4.69, 9.17) is 34.8 Å². The summed E-state index contributed by atoms with van der Waals surface area (Å²) < 4.78 is 1.10. The second-order valence-electron chi connectivity index (χ2n) is 5.76. The van der Waals surface area contributed by atoms with E-state index < -0.39 is 0 Å². The number of para-hydroxylation sites is 1. The quantitative estimate of drug-likeness (QED) is 0.372. The fourth-order valence-electron chi connectivity index (χ4n) is 2.61.